The van der Waals surface area contributed by atoms with Crippen molar-refractivity contribution in [2.24, 2.45) is 5.16 Å². The average molecular weight is 411 g/mol. The van der Waals surface area contributed by atoms with Crippen molar-refractivity contribution in [2.75, 3.05) is 6.54 Å². The van der Waals surface area contributed by atoms with E-state index in [0.29, 0.717) is 13.0 Å². The Hall–Kier alpha value is -2.62. The molecule has 0 saturated heterocycles. The second-order valence-electron chi connectivity index (χ2n) is 7.01. The predicted octanol–water partition coefficient (Wildman–Crippen LogP) is 6.36. The number of rotatable bonds is 16. The Kier molecular flexibility index (Phi) is 16.7. The molecular formula is C26H38N2O2. The molecule has 0 radical (unpaired) electrons. The molecule has 4 nitrogen and oxygen atoms in total. The third-order valence-electron chi connectivity index (χ3n) is 4.31. The molecule has 164 valence electrons. The lowest BCUT2D eigenvalue weighted by Crippen LogP contribution is -2.31. The predicted molar refractivity (Wildman–Crippen MR) is 128 cm³/mol. The van der Waals surface area contributed by atoms with Gasteiger partial charge < -0.3 is 10.2 Å². The number of carbonyl (C=O) groups is 1. The van der Waals surface area contributed by atoms with Crippen LogP contribution < -0.4 is 5.32 Å². The summed E-state index contributed by atoms with van der Waals surface area (Å²) in [7, 11) is 0. The summed E-state index contributed by atoms with van der Waals surface area (Å²) in [6.07, 6.45) is 35.9. The molecule has 0 aromatic carbocycles. The van der Waals surface area contributed by atoms with E-state index in [4.69, 9.17) is 4.84 Å². The van der Waals surface area contributed by atoms with Crippen molar-refractivity contribution in [3.05, 3.63) is 72.9 Å². The first-order valence-electron chi connectivity index (χ1n) is 11.2. The highest BCUT2D eigenvalue weighted by atomic mass is 16.6. The van der Waals surface area contributed by atoms with Gasteiger partial charge in [-0.05, 0) is 44.9 Å². The summed E-state index contributed by atoms with van der Waals surface area (Å²) < 4.78 is 0. The van der Waals surface area contributed by atoms with E-state index in [0.717, 1.165) is 51.4 Å². The molecule has 30 heavy (non-hydrogen) atoms. The van der Waals surface area contributed by atoms with Gasteiger partial charge in [0.05, 0.1) is 6.54 Å². The molecule has 1 N–H and O–H groups in total. The van der Waals surface area contributed by atoms with Gasteiger partial charge in [-0.3, -0.25) is 4.79 Å². The number of carbonyl (C=O) groups excluding carboxylic acids is 1. The normalized spacial score (nSPS) is 17.0. The lowest BCUT2D eigenvalue weighted by molar-refractivity contribution is -0.121. The number of amides is 1. The Morgan fingerprint density at radius 2 is 1.37 bits per heavy atom. The molecule has 0 aromatic rings. The zero-order valence-electron chi connectivity index (χ0n) is 18.4. The highest BCUT2D eigenvalue weighted by Gasteiger charge is 2.13. The summed E-state index contributed by atoms with van der Waals surface area (Å²) in [5.41, 5.74) is 0. The number of nitrogens with zero attached hydrogens (tertiary/aromatic N) is 1. The maximum atomic E-state index is 11.7. The number of nitrogens with one attached hydrogen (secondary N) is 1. The Labute approximate surface area is 182 Å². The molecule has 0 spiro atoms. The minimum absolute atomic E-state index is 0.000163. The van der Waals surface area contributed by atoms with Crippen molar-refractivity contribution in [1.82, 2.24) is 5.32 Å². The van der Waals surface area contributed by atoms with Gasteiger partial charge in [0.2, 0.25) is 5.91 Å². The summed E-state index contributed by atoms with van der Waals surface area (Å²) >= 11 is 0. The Morgan fingerprint density at radius 1 is 0.867 bits per heavy atom. The zero-order chi connectivity index (χ0) is 21.5. The molecule has 1 aliphatic heterocycles. The summed E-state index contributed by atoms with van der Waals surface area (Å²) in [5.74, 6) is 0.0602. The van der Waals surface area contributed by atoms with E-state index in [2.05, 4.69) is 90.3 Å². The van der Waals surface area contributed by atoms with Gasteiger partial charge in [-0.1, -0.05) is 85.0 Å². The topological polar surface area (TPSA) is 50.7 Å². The fraction of sp³-hybridized carbons (Fsp3) is 0.462. The number of hydrogen-bond acceptors (Lipinski definition) is 3. The first kappa shape index (κ1) is 25.4. The van der Waals surface area contributed by atoms with Gasteiger partial charge >= 0.3 is 0 Å². The molecule has 0 aromatic heterocycles. The lowest BCUT2D eigenvalue weighted by atomic mass is 10.2. The molecule has 0 fully saturated rings. The molecule has 1 unspecified atom stereocenters. The van der Waals surface area contributed by atoms with Crippen LogP contribution >= 0.6 is 0 Å². The molecular weight excluding hydrogens is 372 g/mol. The van der Waals surface area contributed by atoms with Crippen LogP contribution in [0.1, 0.15) is 64.7 Å². The SMILES string of the molecule is CC/C=C\C/C=C\C/C=C\C/C=C\C/C=C\C/C=C\CCC(=O)NCC1CC=NO1. The molecule has 0 saturated carbocycles. The van der Waals surface area contributed by atoms with E-state index < -0.39 is 0 Å². The molecule has 1 atom stereocenters. The van der Waals surface area contributed by atoms with Gasteiger partial charge in [0.1, 0.15) is 6.10 Å². The zero-order valence-corrected chi connectivity index (χ0v) is 18.4. The highest BCUT2D eigenvalue weighted by molar-refractivity contribution is 5.76. The smallest absolute Gasteiger partial charge is 0.220 e. The van der Waals surface area contributed by atoms with E-state index in [1.165, 1.54) is 0 Å². The quantitative estimate of drug-likeness (QED) is 0.301. The minimum atomic E-state index is -0.000163. The van der Waals surface area contributed by atoms with Crippen LogP contribution in [0.4, 0.5) is 0 Å². The average Bonchev–Trinajstić information content (AvgIpc) is 3.27. The van der Waals surface area contributed by atoms with E-state index in [-0.39, 0.29) is 12.0 Å². The standard InChI is InChI=1S/C26H38N2O2/c1-2-3-4-5-6-7-8-9-10-11-12-13-14-15-16-17-18-19-20-21-26(29)27-24-25-22-23-28-30-25/h3-4,6-7,9-10,12-13,15-16,18-19,23,25H,2,5,8,11,14,17,20-22,24H2,1H3,(H,27,29)/b4-3-,7-6-,10-9-,13-12-,16-15-,19-18-. The second-order valence-corrected chi connectivity index (χ2v) is 7.01. The van der Waals surface area contributed by atoms with E-state index in [1.54, 1.807) is 6.21 Å². The summed E-state index contributed by atoms with van der Waals surface area (Å²) in [6.45, 7) is 2.68. The third kappa shape index (κ3) is 16.3. The Bertz CT molecular complexity index is 631. The minimum Gasteiger partial charge on any atom is -0.391 e. The maximum Gasteiger partial charge on any atom is 0.220 e. The van der Waals surface area contributed by atoms with Crippen LogP contribution in [0, 0.1) is 0 Å². The third-order valence-corrected chi connectivity index (χ3v) is 4.31. The van der Waals surface area contributed by atoms with Crippen LogP contribution in [0.5, 0.6) is 0 Å². The molecule has 1 heterocycles. The number of hydrogen-bond donors (Lipinski definition) is 1. The summed E-state index contributed by atoms with van der Waals surface area (Å²) in [4.78, 5) is 16.8. The molecule has 1 aliphatic rings. The fourth-order valence-electron chi connectivity index (χ4n) is 2.62. The molecule has 1 rings (SSSR count). The van der Waals surface area contributed by atoms with Crippen LogP contribution in [0.2, 0.25) is 0 Å². The highest BCUT2D eigenvalue weighted by Crippen LogP contribution is 2.03. The van der Waals surface area contributed by atoms with Crippen LogP contribution in [0.3, 0.4) is 0 Å². The summed E-state index contributed by atoms with van der Waals surface area (Å²) in [6, 6.07) is 0. The van der Waals surface area contributed by atoms with Gasteiger partial charge in [-0.15, -0.1) is 0 Å². The van der Waals surface area contributed by atoms with Crippen LogP contribution in [-0.2, 0) is 9.63 Å². The van der Waals surface area contributed by atoms with E-state index in [9.17, 15) is 4.79 Å². The second kappa shape index (κ2) is 19.7. The van der Waals surface area contributed by atoms with Crippen molar-refractivity contribution in [1.29, 1.82) is 0 Å². The molecule has 4 heteroatoms. The van der Waals surface area contributed by atoms with E-state index in [1.807, 2.05) is 0 Å². The van der Waals surface area contributed by atoms with Crippen molar-refractivity contribution in [3.63, 3.8) is 0 Å². The Balaban J connectivity index is 1.92. The van der Waals surface area contributed by atoms with Crippen LogP contribution in [0.15, 0.2) is 78.1 Å². The van der Waals surface area contributed by atoms with Crippen molar-refractivity contribution in [3.8, 4) is 0 Å². The first-order valence-corrected chi connectivity index (χ1v) is 11.2. The van der Waals surface area contributed by atoms with Gasteiger partial charge in [0.15, 0.2) is 0 Å². The number of oxime groups is 1. The molecule has 0 bridgehead atoms. The monoisotopic (exact) mass is 410 g/mol. The fourth-order valence-corrected chi connectivity index (χ4v) is 2.62. The van der Waals surface area contributed by atoms with Crippen molar-refractivity contribution >= 4 is 12.1 Å². The van der Waals surface area contributed by atoms with Gasteiger partial charge in [0.25, 0.3) is 0 Å². The first-order chi connectivity index (χ1) is 14.8. The van der Waals surface area contributed by atoms with E-state index >= 15 is 0 Å². The summed E-state index contributed by atoms with van der Waals surface area (Å²) in [5, 5.41) is 6.57. The molecule has 1 amide bonds. The van der Waals surface area contributed by atoms with Crippen LogP contribution in [0.25, 0.3) is 0 Å². The van der Waals surface area contributed by atoms with Crippen molar-refractivity contribution < 1.29 is 9.63 Å². The Morgan fingerprint density at radius 3 is 1.83 bits per heavy atom. The molecule has 0 aliphatic carbocycles. The lowest BCUT2D eigenvalue weighted by Gasteiger charge is -2.08. The van der Waals surface area contributed by atoms with Gasteiger partial charge in [0, 0.05) is 19.1 Å². The van der Waals surface area contributed by atoms with Crippen molar-refractivity contribution in [2.45, 2.75) is 70.8 Å². The van der Waals surface area contributed by atoms with Gasteiger partial charge in [-0.2, -0.15) is 0 Å². The maximum absolute atomic E-state index is 11.7. The largest absolute Gasteiger partial charge is 0.391 e. The van der Waals surface area contributed by atoms with Crippen LogP contribution in [-0.4, -0.2) is 24.8 Å². The van der Waals surface area contributed by atoms with Gasteiger partial charge in [-0.25, -0.2) is 0 Å². The number of allylic oxidation sites excluding steroid dienone is 12.